The Labute approximate surface area is 131 Å². The van der Waals surface area contributed by atoms with Crippen LogP contribution in [0.15, 0.2) is 36.4 Å². The van der Waals surface area contributed by atoms with Crippen molar-refractivity contribution in [2.45, 2.75) is 6.54 Å². The van der Waals surface area contributed by atoms with Gasteiger partial charge in [-0.3, -0.25) is 14.9 Å². The number of hydrogen-bond acceptors (Lipinski definition) is 4. The molecule has 0 aromatic heterocycles. The Morgan fingerprint density at radius 2 is 2.05 bits per heavy atom. The molecule has 0 saturated carbocycles. The van der Waals surface area contributed by atoms with Gasteiger partial charge < -0.3 is 9.64 Å². The second-order valence-electron chi connectivity index (χ2n) is 4.93. The van der Waals surface area contributed by atoms with Crippen molar-refractivity contribution in [2.75, 3.05) is 7.05 Å². The highest BCUT2D eigenvalue weighted by Gasteiger charge is 2.28. The van der Waals surface area contributed by atoms with Crippen molar-refractivity contribution >= 4 is 23.2 Å². The summed E-state index contributed by atoms with van der Waals surface area (Å²) in [5, 5.41) is 10.8. The Bertz CT molecular complexity index is 791. The van der Waals surface area contributed by atoms with Gasteiger partial charge in [0.1, 0.15) is 11.5 Å². The fourth-order valence-electron chi connectivity index (χ4n) is 2.36. The van der Waals surface area contributed by atoms with Crippen LogP contribution in [0.3, 0.4) is 0 Å². The number of nitro benzene ring substituents is 1. The molecular formula is C15H11ClN2O4. The minimum atomic E-state index is -0.533. The smallest absolute Gasteiger partial charge is 0.271 e. The van der Waals surface area contributed by atoms with Crippen LogP contribution in [0.4, 0.5) is 5.69 Å². The first-order valence-corrected chi connectivity index (χ1v) is 6.84. The SMILES string of the molecule is CN1Cc2cccc(Oc3ccc([N+](=O)[O-])cc3Cl)c2C1=O. The molecule has 2 aromatic rings. The van der Waals surface area contributed by atoms with Crippen LogP contribution in [-0.4, -0.2) is 22.8 Å². The number of rotatable bonds is 3. The summed E-state index contributed by atoms with van der Waals surface area (Å²) in [5.41, 5.74) is 1.26. The van der Waals surface area contributed by atoms with Gasteiger partial charge in [-0.25, -0.2) is 0 Å². The summed E-state index contributed by atoms with van der Waals surface area (Å²) < 4.78 is 5.70. The van der Waals surface area contributed by atoms with Gasteiger partial charge in [-0.05, 0) is 17.7 Å². The van der Waals surface area contributed by atoms with Gasteiger partial charge in [0.2, 0.25) is 0 Å². The molecular weight excluding hydrogens is 308 g/mol. The number of nitro groups is 1. The standard InChI is InChI=1S/C15H11ClN2O4/c1-17-8-9-3-2-4-13(14(9)15(17)19)22-12-6-5-10(18(20)21)7-11(12)16/h2-7H,8H2,1H3. The van der Waals surface area contributed by atoms with E-state index in [9.17, 15) is 14.9 Å². The first-order valence-electron chi connectivity index (χ1n) is 6.46. The number of benzene rings is 2. The maximum absolute atomic E-state index is 12.2. The van der Waals surface area contributed by atoms with E-state index in [2.05, 4.69) is 0 Å². The molecule has 0 saturated heterocycles. The second kappa shape index (κ2) is 5.31. The van der Waals surface area contributed by atoms with Crippen molar-refractivity contribution in [1.29, 1.82) is 0 Å². The number of hydrogen-bond donors (Lipinski definition) is 0. The molecule has 0 bridgehead atoms. The predicted octanol–water partition coefficient (Wildman–Crippen LogP) is 3.63. The van der Waals surface area contributed by atoms with Gasteiger partial charge in [-0.1, -0.05) is 23.7 Å². The molecule has 0 atom stereocenters. The van der Waals surface area contributed by atoms with Crippen LogP contribution in [0.2, 0.25) is 5.02 Å². The summed E-state index contributed by atoms with van der Waals surface area (Å²) in [7, 11) is 1.71. The normalized spacial score (nSPS) is 13.2. The molecule has 0 N–H and O–H groups in total. The fourth-order valence-corrected chi connectivity index (χ4v) is 2.57. The van der Waals surface area contributed by atoms with E-state index in [0.29, 0.717) is 17.9 Å². The van der Waals surface area contributed by atoms with Crippen LogP contribution in [-0.2, 0) is 6.54 Å². The van der Waals surface area contributed by atoms with Gasteiger partial charge >= 0.3 is 0 Å². The highest BCUT2D eigenvalue weighted by atomic mass is 35.5. The molecule has 1 aliphatic rings. The summed E-state index contributed by atoms with van der Waals surface area (Å²) >= 11 is 6.01. The van der Waals surface area contributed by atoms with Crippen LogP contribution in [0.5, 0.6) is 11.5 Å². The van der Waals surface area contributed by atoms with Gasteiger partial charge in [0.15, 0.2) is 0 Å². The molecule has 2 aromatic carbocycles. The van der Waals surface area contributed by atoms with Gasteiger partial charge in [-0.2, -0.15) is 0 Å². The number of carbonyl (C=O) groups is 1. The Morgan fingerprint density at radius 1 is 1.27 bits per heavy atom. The molecule has 1 heterocycles. The van der Waals surface area contributed by atoms with Gasteiger partial charge in [0.05, 0.1) is 15.5 Å². The zero-order valence-electron chi connectivity index (χ0n) is 11.6. The number of non-ortho nitro benzene ring substituents is 1. The molecule has 3 rings (SSSR count). The van der Waals surface area contributed by atoms with Crippen LogP contribution < -0.4 is 4.74 Å². The zero-order chi connectivity index (χ0) is 15.9. The molecule has 1 aliphatic heterocycles. The maximum Gasteiger partial charge on any atom is 0.271 e. The second-order valence-corrected chi connectivity index (χ2v) is 5.33. The summed E-state index contributed by atoms with van der Waals surface area (Å²) in [6.45, 7) is 0.527. The number of halogens is 1. The molecule has 6 nitrogen and oxygen atoms in total. The molecule has 0 aliphatic carbocycles. The van der Waals surface area contributed by atoms with E-state index in [1.54, 1.807) is 24.1 Å². The molecule has 0 fully saturated rings. The van der Waals surface area contributed by atoms with Crippen LogP contribution in [0.1, 0.15) is 15.9 Å². The minimum absolute atomic E-state index is 0.116. The lowest BCUT2D eigenvalue weighted by atomic mass is 10.1. The summed E-state index contributed by atoms with van der Waals surface area (Å²) in [6.07, 6.45) is 0. The van der Waals surface area contributed by atoms with Crippen molar-refractivity contribution in [2.24, 2.45) is 0 Å². The van der Waals surface area contributed by atoms with E-state index in [4.69, 9.17) is 16.3 Å². The largest absolute Gasteiger partial charge is 0.455 e. The minimum Gasteiger partial charge on any atom is -0.455 e. The summed E-state index contributed by atoms with van der Waals surface area (Å²) in [4.78, 5) is 23.9. The number of fused-ring (bicyclic) bond motifs is 1. The third kappa shape index (κ3) is 2.37. The number of amides is 1. The van der Waals surface area contributed by atoms with E-state index in [0.717, 1.165) is 5.56 Å². The van der Waals surface area contributed by atoms with Crippen LogP contribution in [0, 0.1) is 10.1 Å². The van der Waals surface area contributed by atoms with E-state index in [-0.39, 0.29) is 22.4 Å². The van der Waals surface area contributed by atoms with Crippen molar-refractivity contribution in [3.8, 4) is 11.5 Å². The van der Waals surface area contributed by atoms with Crippen molar-refractivity contribution in [3.63, 3.8) is 0 Å². The Morgan fingerprint density at radius 3 is 2.73 bits per heavy atom. The van der Waals surface area contributed by atoms with Gasteiger partial charge in [0, 0.05) is 25.7 Å². The topological polar surface area (TPSA) is 72.7 Å². The number of carbonyl (C=O) groups excluding carboxylic acids is 1. The highest BCUT2D eigenvalue weighted by Crippen LogP contribution is 2.36. The van der Waals surface area contributed by atoms with E-state index >= 15 is 0 Å². The summed E-state index contributed by atoms with van der Waals surface area (Å²) in [5.74, 6) is 0.536. The van der Waals surface area contributed by atoms with Crippen molar-refractivity contribution < 1.29 is 14.5 Å². The lowest BCUT2D eigenvalue weighted by Gasteiger charge is -2.10. The molecule has 22 heavy (non-hydrogen) atoms. The van der Waals surface area contributed by atoms with Gasteiger partial charge in [0.25, 0.3) is 11.6 Å². The molecule has 1 amide bonds. The predicted molar refractivity (Wildman–Crippen MR) is 80.4 cm³/mol. The maximum atomic E-state index is 12.2. The number of nitrogens with zero attached hydrogens (tertiary/aromatic N) is 2. The first-order chi connectivity index (χ1) is 10.5. The average molecular weight is 319 g/mol. The molecule has 0 unspecified atom stereocenters. The van der Waals surface area contributed by atoms with E-state index in [1.807, 2.05) is 6.07 Å². The quantitative estimate of drug-likeness (QED) is 0.640. The third-order valence-electron chi connectivity index (χ3n) is 3.43. The van der Waals surface area contributed by atoms with Crippen molar-refractivity contribution in [1.82, 2.24) is 4.90 Å². The molecule has 0 radical (unpaired) electrons. The lowest BCUT2D eigenvalue weighted by molar-refractivity contribution is -0.384. The Hall–Kier alpha value is -2.60. The third-order valence-corrected chi connectivity index (χ3v) is 3.72. The molecule has 7 heteroatoms. The highest BCUT2D eigenvalue weighted by molar-refractivity contribution is 6.32. The van der Waals surface area contributed by atoms with Crippen LogP contribution in [0.25, 0.3) is 0 Å². The molecule has 112 valence electrons. The summed E-state index contributed by atoms with van der Waals surface area (Å²) in [6, 6.07) is 9.27. The fraction of sp³-hybridized carbons (Fsp3) is 0.133. The zero-order valence-corrected chi connectivity index (χ0v) is 12.3. The monoisotopic (exact) mass is 318 g/mol. The molecule has 0 spiro atoms. The van der Waals surface area contributed by atoms with Crippen molar-refractivity contribution in [3.05, 3.63) is 62.7 Å². The lowest BCUT2D eigenvalue weighted by Crippen LogP contribution is -2.17. The van der Waals surface area contributed by atoms with Crippen LogP contribution >= 0.6 is 11.6 Å². The van der Waals surface area contributed by atoms with E-state index < -0.39 is 4.92 Å². The first kappa shape index (κ1) is 14.3. The van der Waals surface area contributed by atoms with Gasteiger partial charge in [-0.15, -0.1) is 0 Å². The number of ether oxygens (including phenoxy) is 1. The average Bonchev–Trinajstić information content (AvgIpc) is 2.77. The van der Waals surface area contributed by atoms with E-state index in [1.165, 1.54) is 18.2 Å². The Kier molecular flexibility index (Phi) is 3.46. The Balaban J connectivity index is 1.97.